The topological polar surface area (TPSA) is 84.0 Å². The number of para-hydroxylation sites is 1. The molecule has 0 saturated heterocycles. The molecule has 1 aliphatic rings. The van der Waals surface area contributed by atoms with Crippen molar-refractivity contribution in [3.05, 3.63) is 54.1 Å². The van der Waals surface area contributed by atoms with Crippen molar-refractivity contribution in [3.63, 3.8) is 0 Å². The highest BCUT2D eigenvalue weighted by atomic mass is 16.7. The van der Waals surface area contributed by atoms with Crippen LogP contribution < -0.4 is 25.4 Å². The summed E-state index contributed by atoms with van der Waals surface area (Å²) < 4.78 is 10.6. The number of guanidine groups is 1. The number of fused-ring (bicyclic) bond motifs is 1. The van der Waals surface area contributed by atoms with Gasteiger partial charge in [0.1, 0.15) is 0 Å². The molecule has 25 heavy (non-hydrogen) atoms. The van der Waals surface area contributed by atoms with Gasteiger partial charge in [0.25, 0.3) is 0 Å². The minimum Gasteiger partial charge on any atom is -0.454 e. The van der Waals surface area contributed by atoms with Gasteiger partial charge in [-0.1, -0.05) is 24.3 Å². The fraction of sp³-hybridized carbons (Fsp3) is 0.222. The van der Waals surface area contributed by atoms with Crippen LogP contribution in [0.1, 0.15) is 5.56 Å². The molecule has 3 rings (SSSR count). The van der Waals surface area contributed by atoms with Crippen LogP contribution in [0, 0.1) is 0 Å². The standard InChI is InChI=1S/C18H20N4O3/c1-19-18(21-11-17(23)22-14-5-3-2-4-6-14)20-10-13-7-8-15-16(9-13)25-12-24-15/h2-9H,10-12H2,1H3,(H,22,23)(H2,19,20,21). The number of ether oxygens (including phenoxy) is 2. The molecule has 0 aromatic heterocycles. The van der Waals surface area contributed by atoms with Gasteiger partial charge < -0.3 is 25.4 Å². The van der Waals surface area contributed by atoms with Crippen molar-refractivity contribution in [3.8, 4) is 11.5 Å². The molecule has 1 amide bonds. The van der Waals surface area contributed by atoms with Gasteiger partial charge in [0.15, 0.2) is 17.5 Å². The third kappa shape index (κ3) is 4.63. The Morgan fingerprint density at radius 3 is 2.68 bits per heavy atom. The van der Waals surface area contributed by atoms with Crippen molar-refractivity contribution in [1.29, 1.82) is 0 Å². The molecule has 0 radical (unpaired) electrons. The zero-order chi connectivity index (χ0) is 17.5. The molecule has 7 nitrogen and oxygen atoms in total. The molecule has 3 N–H and O–H groups in total. The summed E-state index contributed by atoms with van der Waals surface area (Å²) in [5.74, 6) is 1.89. The number of carbonyl (C=O) groups excluding carboxylic acids is 1. The Hall–Kier alpha value is -3.22. The molecule has 1 aliphatic heterocycles. The summed E-state index contributed by atoms with van der Waals surface area (Å²) in [5.41, 5.74) is 1.79. The summed E-state index contributed by atoms with van der Waals surface area (Å²) in [6.07, 6.45) is 0. The maximum absolute atomic E-state index is 11.9. The normalized spacial score (nSPS) is 12.6. The first kappa shape index (κ1) is 16.6. The highest BCUT2D eigenvalue weighted by Crippen LogP contribution is 2.32. The van der Waals surface area contributed by atoms with E-state index < -0.39 is 0 Å². The van der Waals surface area contributed by atoms with Crippen molar-refractivity contribution >= 4 is 17.6 Å². The van der Waals surface area contributed by atoms with Gasteiger partial charge in [0.2, 0.25) is 12.7 Å². The summed E-state index contributed by atoms with van der Waals surface area (Å²) in [7, 11) is 1.66. The van der Waals surface area contributed by atoms with Gasteiger partial charge in [-0.25, -0.2) is 0 Å². The zero-order valence-corrected chi connectivity index (χ0v) is 13.9. The van der Waals surface area contributed by atoms with Crippen molar-refractivity contribution < 1.29 is 14.3 Å². The van der Waals surface area contributed by atoms with Crippen LogP contribution in [-0.4, -0.2) is 32.3 Å². The minimum absolute atomic E-state index is 0.121. The molecule has 0 spiro atoms. The van der Waals surface area contributed by atoms with Gasteiger partial charge in [-0.2, -0.15) is 0 Å². The lowest BCUT2D eigenvalue weighted by Gasteiger charge is -2.12. The smallest absolute Gasteiger partial charge is 0.243 e. The van der Waals surface area contributed by atoms with E-state index in [9.17, 15) is 4.79 Å². The number of anilines is 1. The van der Waals surface area contributed by atoms with Crippen LogP contribution in [0.3, 0.4) is 0 Å². The molecule has 0 bridgehead atoms. The fourth-order valence-corrected chi connectivity index (χ4v) is 2.35. The third-order valence-electron chi connectivity index (χ3n) is 3.59. The lowest BCUT2D eigenvalue weighted by atomic mass is 10.2. The van der Waals surface area contributed by atoms with Gasteiger partial charge in [-0.15, -0.1) is 0 Å². The monoisotopic (exact) mass is 340 g/mol. The molecule has 7 heteroatoms. The number of rotatable bonds is 5. The first-order chi connectivity index (χ1) is 12.2. The van der Waals surface area contributed by atoms with E-state index in [-0.39, 0.29) is 19.2 Å². The van der Waals surface area contributed by atoms with Crippen molar-refractivity contribution in [2.24, 2.45) is 4.99 Å². The van der Waals surface area contributed by atoms with Gasteiger partial charge in [-0.3, -0.25) is 9.79 Å². The van der Waals surface area contributed by atoms with Gasteiger partial charge in [0.05, 0.1) is 6.54 Å². The van der Waals surface area contributed by atoms with Gasteiger partial charge >= 0.3 is 0 Å². The Bertz CT molecular complexity index is 762. The average Bonchev–Trinajstić information content (AvgIpc) is 3.10. The largest absolute Gasteiger partial charge is 0.454 e. The second-order valence-corrected chi connectivity index (χ2v) is 5.38. The lowest BCUT2D eigenvalue weighted by Crippen LogP contribution is -2.41. The number of hydrogen-bond donors (Lipinski definition) is 3. The van der Waals surface area contributed by atoms with E-state index in [1.165, 1.54) is 0 Å². The molecule has 130 valence electrons. The molecule has 0 saturated carbocycles. The number of aliphatic imine (C=N–C) groups is 1. The van der Waals surface area contributed by atoms with Crippen LogP contribution in [0.2, 0.25) is 0 Å². The molecular weight excluding hydrogens is 320 g/mol. The van der Waals surface area contributed by atoms with Crippen molar-refractivity contribution in [1.82, 2.24) is 10.6 Å². The Labute approximate surface area is 146 Å². The second-order valence-electron chi connectivity index (χ2n) is 5.38. The molecule has 0 aliphatic carbocycles. The minimum atomic E-state index is -0.141. The SMILES string of the molecule is CN=C(NCC(=O)Nc1ccccc1)NCc1ccc2c(c1)OCO2. The van der Waals surface area contributed by atoms with Gasteiger partial charge in [-0.05, 0) is 29.8 Å². The fourth-order valence-electron chi connectivity index (χ4n) is 2.35. The van der Waals surface area contributed by atoms with E-state index in [1.807, 2.05) is 48.5 Å². The van der Waals surface area contributed by atoms with Crippen LogP contribution in [0.5, 0.6) is 11.5 Å². The number of hydrogen-bond acceptors (Lipinski definition) is 4. The predicted octanol–water partition coefficient (Wildman–Crippen LogP) is 1.72. The highest BCUT2D eigenvalue weighted by molar-refractivity contribution is 5.94. The maximum Gasteiger partial charge on any atom is 0.243 e. The average molecular weight is 340 g/mol. The van der Waals surface area contributed by atoms with E-state index >= 15 is 0 Å². The van der Waals surface area contributed by atoms with E-state index in [4.69, 9.17) is 9.47 Å². The molecule has 2 aromatic rings. The Morgan fingerprint density at radius 1 is 1.08 bits per heavy atom. The summed E-state index contributed by atoms with van der Waals surface area (Å²) in [6, 6.07) is 15.1. The Kier molecular flexibility index (Phi) is 5.36. The molecule has 2 aromatic carbocycles. The maximum atomic E-state index is 11.9. The number of amides is 1. The van der Waals surface area contributed by atoms with Crippen LogP contribution in [-0.2, 0) is 11.3 Å². The van der Waals surface area contributed by atoms with E-state index in [2.05, 4.69) is 20.9 Å². The first-order valence-corrected chi connectivity index (χ1v) is 7.92. The Balaban J connectivity index is 1.46. The van der Waals surface area contributed by atoms with E-state index in [1.54, 1.807) is 7.05 Å². The van der Waals surface area contributed by atoms with Crippen LogP contribution in [0.4, 0.5) is 5.69 Å². The summed E-state index contributed by atoms with van der Waals surface area (Å²) in [6.45, 7) is 0.929. The highest BCUT2D eigenvalue weighted by Gasteiger charge is 2.13. The van der Waals surface area contributed by atoms with Crippen LogP contribution in [0.25, 0.3) is 0 Å². The second kappa shape index (κ2) is 8.05. The van der Waals surface area contributed by atoms with Crippen molar-refractivity contribution in [2.75, 3.05) is 25.7 Å². The number of benzene rings is 2. The predicted molar refractivity (Wildman–Crippen MR) is 95.8 cm³/mol. The molecule has 0 unspecified atom stereocenters. The number of nitrogens with zero attached hydrogens (tertiary/aromatic N) is 1. The van der Waals surface area contributed by atoms with Crippen LogP contribution >= 0.6 is 0 Å². The number of nitrogens with one attached hydrogen (secondary N) is 3. The molecule has 0 atom stereocenters. The zero-order valence-electron chi connectivity index (χ0n) is 13.9. The van der Waals surface area contributed by atoms with Gasteiger partial charge in [0, 0.05) is 19.3 Å². The summed E-state index contributed by atoms with van der Waals surface area (Å²) in [4.78, 5) is 16.1. The Morgan fingerprint density at radius 2 is 1.88 bits per heavy atom. The van der Waals surface area contributed by atoms with E-state index in [0.29, 0.717) is 12.5 Å². The third-order valence-corrected chi connectivity index (χ3v) is 3.59. The van der Waals surface area contributed by atoms with Crippen LogP contribution in [0.15, 0.2) is 53.5 Å². The number of carbonyl (C=O) groups is 1. The molecule has 0 fully saturated rings. The van der Waals surface area contributed by atoms with Crippen molar-refractivity contribution in [2.45, 2.75) is 6.54 Å². The quantitative estimate of drug-likeness (QED) is 0.570. The molecule has 1 heterocycles. The molecular formula is C18H20N4O3. The summed E-state index contributed by atoms with van der Waals surface area (Å²) >= 11 is 0. The first-order valence-electron chi connectivity index (χ1n) is 7.92. The van der Waals surface area contributed by atoms with E-state index in [0.717, 1.165) is 22.7 Å². The lowest BCUT2D eigenvalue weighted by molar-refractivity contribution is -0.115. The summed E-state index contributed by atoms with van der Waals surface area (Å²) in [5, 5.41) is 8.95.